The minimum atomic E-state index is -4.74. The first-order chi connectivity index (χ1) is 22.3. The molecule has 0 amide bonds. The molecule has 0 fully saturated rings. The molecule has 2 heterocycles. The fourth-order valence-corrected chi connectivity index (χ4v) is 7.05. The summed E-state index contributed by atoms with van der Waals surface area (Å²) in [6.45, 7) is 2.86. The van der Waals surface area contributed by atoms with Crippen LogP contribution in [0.15, 0.2) is 34.1 Å². The van der Waals surface area contributed by atoms with Gasteiger partial charge in [0.25, 0.3) is 0 Å². The Kier molecular flexibility index (Phi) is 13.6. The van der Waals surface area contributed by atoms with Crippen LogP contribution in [0.5, 0.6) is 0 Å². The van der Waals surface area contributed by atoms with Crippen molar-refractivity contribution in [3.8, 4) is 35.7 Å². The van der Waals surface area contributed by atoms with Gasteiger partial charge in [0.15, 0.2) is 11.4 Å². The van der Waals surface area contributed by atoms with Gasteiger partial charge >= 0.3 is 12.4 Å². The number of nitriles is 4. The number of benzene rings is 2. The molecule has 4 rings (SSSR count). The summed E-state index contributed by atoms with van der Waals surface area (Å²) in [5.74, 6) is -0.489. The van der Waals surface area contributed by atoms with Crippen molar-refractivity contribution in [2.75, 3.05) is 11.5 Å². The second-order valence-corrected chi connectivity index (χ2v) is 12.1. The van der Waals surface area contributed by atoms with Gasteiger partial charge in [0, 0.05) is 13.8 Å². The number of aromatic nitrogens is 4. The van der Waals surface area contributed by atoms with Crippen molar-refractivity contribution < 1.29 is 26.3 Å². The molecule has 4 aromatic rings. The summed E-state index contributed by atoms with van der Waals surface area (Å²) in [7, 11) is 1.55. The summed E-state index contributed by atoms with van der Waals surface area (Å²) < 4.78 is 80.6. The van der Waals surface area contributed by atoms with Gasteiger partial charge in [0.1, 0.15) is 35.1 Å². The Morgan fingerprint density at radius 2 is 0.875 bits per heavy atom. The van der Waals surface area contributed by atoms with Crippen LogP contribution in [0, 0.1) is 45.3 Å². The highest BCUT2D eigenvalue weighted by Gasteiger charge is 2.34. The normalized spacial score (nSPS) is 10.8. The Bertz CT molecular complexity index is 1830. The van der Waals surface area contributed by atoms with E-state index < -0.39 is 43.6 Å². The summed E-state index contributed by atoms with van der Waals surface area (Å²) >= 11 is 24.3. The molecule has 0 aliphatic carbocycles. The molecule has 10 nitrogen and oxygen atoms in total. The van der Waals surface area contributed by atoms with Crippen molar-refractivity contribution in [3.63, 3.8) is 0 Å². The first-order valence-corrected chi connectivity index (χ1v) is 15.6. The Morgan fingerprint density at radius 1 is 0.625 bits per heavy atom. The number of halogens is 10. The van der Waals surface area contributed by atoms with Gasteiger partial charge in [0.05, 0.1) is 53.1 Å². The zero-order chi connectivity index (χ0) is 36.7. The fraction of sp³-hybridized carbons (Fsp3) is 0.154. The number of nitrogens with two attached hydrogens (primary N) is 2. The van der Waals surface area contributed by atoms with E-state index in [0.717, 1.165) is 31.0 Å². The van der Waals surface area contributed by atoms with Crippen LogP contribution in [-0.2, 0) is 12.4 Å². The molecule has 0 atom stereocenters. The second kappa shape index (κ2) is 16.3. The van der Waals surface area contributed by atoms with E-state index in [0.29, 0.717) is 24.3 Å². The highest BCUT2D eigenvalue weighted by Crippen LogP contribution is 2.48. The average Bonchev–Trinajstić information content (AvgIpc) is 3.46. The van der Waals surface area contributed by atoms with E-state index in [-0.39, 0.29) is 44.2 Å². The lowest BCUT2D eigenvalue weighted by atomic mass is 10.2. The van der Waals surface area contributed by atoms with Crippen LogP contribution in [-0.4, -0.2) is 19.6 Å². The van der Waals surface area contributed by atoms with Crippen LogP contribution in [0.25, 0.3) is 11.4 Å². The van der Waals surface area contributed by atoms with Gasteiger partial charge in [-0.2, -0.15) is 57.6 Å². The molecule has 0 radical (unpaired) electrons. The fourth-order valence-electron chi connectivity index (χ4n) is 3.43. The summed E-state index contributed by atoms with van der Waals surface area (Å²) in [5, 5.41) is 40.0. The molecule has 2 aromatic heterocycles. The van der Waals surface area contributed by atoms with Gasteiger partial charge in [0.2, 0.25) is 0 Å². The lowest BCUT2D eigenvalue weighted by Crippen LogP contribution is -2.08. The van der Waals surface area contributed by atoms with E-state index in [1.54, 1.807) is 24.3 Å². The quantitative estimate of drug-likeness (QED) is 0.146. The van der Waals surface area contributed by atoms with Gasteiger partial charge in [-0.1, -0.05) is 46.4 Å². The van der Waals surface area contributed by atoms with Gasteiger partial charge in [-0.25, -0.2) is 9.36 Å². The molecule has 22 heteroatoms. The number of hydrogen-bond acceptors (Lipinski definition) is 10. The predicted molar refractivity (Wildman–Crippen MR) is 170 cm³/mol. The third-order valence-electron chi connectivity index (χ3n) is 5.28. The zero-order valence-electron chi connectivity index (χ0n) is 23.6. The van der Waals surface area contributed by atoms with Crippen molar-refractivity contribution in [1.29, 1.82) is 21.0 Å². The van der Waals surface area contributed by atoms with Crippen molar-refractivity contribution >= 4 is 79.6 Å². The zero-order valence-corrected chi connectivity index (χ0v) is 28.3. The van der Waals surface area contributed by atoms with Crippen LogP contribution >= 0.6 is 68.0 Å². The first kappa shape index (κ1) is 40.0. The van der Waals surface area contributed by atoms with E-state index >= 15 is 0 Å². The third kappa shape index (κ3) is 8.85. The van der Waals surface area contributed by atoms with E-state index in [9.17, 15) is 36.9 Å². The number of nitrogen functional groups attached to an aromatic ring is 2. The highest BCUT2D eigenvalue weighted by atomic mass is 35.5. The van der Waals surface area contributed by atoms with Crippen LogP contribution in [0.4, 0.5) is 38.0 Å². The van der Waals surface area contributed by atoms with E-state index in [4.69, 9.17) is 68.4 Å². The monoisotopic (exact) mass is 784 g/mol. The third-order valence-corrected chi connectivity index (χ3v) is 8.91. The average molecular weight is 786 g/mol. The number of rotatable bonds is 5. The Balaban J connectivity index is 0.00000124. The summed E-state index contributed by atoms with van der Waals surface area (Å²) in [6.07, 6.45) is -9.48. The van der Waals surface area contributed by atoms with Gasteiger partial charge < -0.3 is 11.5 Å². The molecule has 48 heavy (non-hydrogen) atoms. The van der Waals surface area contributed by atoms with Crippen LogP contribution in [0.1, 0.15) is 36.4 Å². The smallest absolute Gasteiger partial charge is 0.383 e. The minimum absolute atomic E-state index is 0.00355. The molecular weight excluding hydrogens is 772 g/mol. The molecule has 0 saturated heterocycles. The van der Waals surface area contributed by atoms with Gasteiger partial charge in [-0.15, -0.1) is 0 Å². The Labute approximate surface area is 295 Å². The highest BCUT2D eigenvalue weighted by molar-refractivity contribution is 8.76. The molecule has 0 bridgehead atoms. The van der Waals surface area contributed by atoms with Crippen molar-refractivity contribution in [1.82, 2.24) is 19.6 Å². The maximum atomic E-state index is 13.1. The molecule has 0 aliphatic heterocycles. The first-order valence-electron chi connectivity index (χ1n) is 12.0. The van der Waals surface area contributed by atoms with Crippen molar-refractivity contribution in [2.45, 2.75) is 36.0 Å². The SMILES string of the molecule is CC#N.CC#N.N#Cc1nn(-c2c(Cl)cc(C(F)(F)F)cc2Cl)c(N)c1SSc1c(C#N)nn(-c2c(Cl)cc(C(F)(F)F)cc2Cl)c1N. The van der Waals surface area contributed by atoms with Gasteiger partial charge in [-0.3, -0.25) is 0 Å². The molecule has 2 aromatic carbocycles. The maximum absolute atomic E-state index is 13.1. The minimum Gasteiger partial charge on any atom is -0.383 e. The van der Waals surface area contributed by atoms with E-state index in [1.807, 2.05) is 0 Å². The Hall–Kier alpha value is -4.14. The lowest BCUT2D eigenvalue weighted by molar-refractivity contribution is -0.138. The second-order valence-electron chi connectivity index (χ2n) is 8.36. The molecule has 250 valence electrons. The van der Waals surface area contributed by atoms with Crippen LogP contribution in [0.2, 0.25) is 20.1 Å². The number of hydrogen-bond donors (Lipinski definition) is 2. The molecule has 0 aliphatic rings. The summed E-state index contributed by atoms with van der Waals surface area (Å²) in [6, 6.07) is 9.53. The van der Waals surface area contributed by atoms with E-state index in [1.165, 1.54) is 13.8 Å². The number of alkyl halides is 6. The molecule has 0 spiro atoms. The molecule has 0 saturated carbocycles. The van der Waals surface area contributed by atoms with Crippen LogP contribution in [0.3, 0.4) is 0 Å². The number of anilines is 2. The molecule has 4 N–H and O–H groups in total. The summed E-state index contributed by atoms with van der Waals surface area (Å²) in [4.78, 5) is -0.00710. The predicted octanol–water partition coefficient (Wildman–Crippen LogP) is 9.48. The standard InChI is InChI=1S/C22H8Cl4F6N8S2.2C2H3N/c23-9-1-7(21(27,28)29)2-10(24)15(9)39-19(35)17(13(5-33)37-39)41-42-18-14(6-34)38-40(20(18)36)16-11(25)3-8(4-12(16)26)22(30,31)32;2*1-2-3/h1-4H,35-36H2;2*1H3. The number of nitrogens with zero attached hydrogens (tertiary/aromatic N) is 8. The van der Waals surface area contributed by atoms with Crippen LogP contribution < -0.4 is 11.5 Å². The topological polar surface area (TPSA) is 183 Å². The largest absolute Gasteiger partial charge is 0.416 e. The summed E-state index contributed by atoms with van der Waals surface area (Å²) in [5.41, 5.74) is 9.06. The van der Waals surface area contributed by atoms with Gasteiger partial charge in [-0.05, 0) is 45.9 Å². The Morgan fingerprint density at radius 3 is 1.08 bits per heavy atom. The maximum Gasteiger partial charge on any atom is 0.416 e. The van der Waals surface area contributed by atoms with Crippen molar-refractivity contribution in [2.24, 2.45) is 0 Å². The molecule has 0 unspecified atom stereocenters. The molecular formula is C26H14Cl4F6N10S2. The van der Waals surface area contributed by atoms with Crippen molar-refractivity contribution in [3.05, 3.63) is 66.9 Å². The van der Waals surface area contributed by atoms with E-state index in [2.05, 4.69) is 10.2 Å². The lowest BCUT2D eigenvalue weighted by Gasteiger charge is -2.13.